The standard InChI is InChI=1S/C15H20N4O2S.C3H7NOS/c1-11-13(16-15(22)17(2)9-10-20)14(21)19(18(11)3)12-7-5-4-6-8-12;4-3(5)1-2-6/h4-8,20H,9-10H2,1-3H3,(H,16,22);6H,1-2H2,(H2,4,5). The molecule has 0 radical (unpaired) electrons. The normalized spacial score (nSPS) is 10.0. The van der Waals surface area contributed by atoms with Crippen LogP contribution < -0.4 is 16.6 Å². The second kappa shape index (κ2) is 11.5. The molecule has 0 unspecified atom stereocenters. The molecule has 0 atom stereocenters. The van der Waals surface area contributed by atoms with E-state index < -0.39 is 0 Å². The molecule has 2 rings (SSSR count). The van der Waals surface area contributed by atoms with Crippen LogP contribution in [0.1, 0.15) is 12.1 Å². The number of anilines is 1. The minimum atomic E-state index is -0.287. The fourth-order valence-electron chi connectivity index (χ4n) is 2.28. The quantitative estimate of drug-likeness (QED) is 0.405. The number of nitrogens with one attached hydrogen (secondary N) is 1. The van der Waals surface area contributed by atoms with Gasteiger partial charge in [-0.05, 0) is 37.0 Å². The maximum absolute atomic E-state index is 12.7. The Labute approximate surface area is 175 Å². The molecule has 28 heavy (non-hydrogen) atoms. The predicted octanol–water partition coefficient (Wildman–Crippen LogP) is 0.897. The van der Waals surface area contributed by atoms with Gasteiger partial charge in [-0.25, -0.2) is 4.68 Å². The lowest BCUT2D eigenvalue weighted by atomic mass is 10.3. The first-order valence-corrected chi connectivity index (χ1v) is 9.64. The van der Waals surface area contributed by atoms with Crippen molar-refractivity contribution in [3.05, 3.63) is 46.4 Å². The third-order valence-corrected chi connectivity index (χ3v) is 4.56. The molecule has 4 N–H and O–H groups in total. The summed E-state index contributed by atoms with van der Waals surface area (Å²) < 4.78 is 3.38. The molecule has 8 nitrogen and oxygen atoms in total. The van der Waals surface area contributed by atoms with Crippen LogP contribution in [0.5, 0.6) is 0 Å². The number of aliphatic hydroxyl groups is 1. The zero-order chi connectivity index (χ0) is 21.3. The Bertz CT molecular complexity index is 849. The third-order valence-electron chi connectivity index (χ3n) is 3.93. The molecule has 1 aromatic heterocycles. The average Bonchev–Trinajstić information content (AvgIpc) is 2.86. The van der Waals surface area contributed by atoms with Gasteiger partial charge in [-0.3, -0.25) is 14.3 Å². The van der Waals surface area contributed by atoms with Crippen LogP contribution in [-0.2, 0) is 11.8 Å². The number of amides is 1. The average molecular weight is 426 g/mol. The third kappa shape index (κ3) is 6.39. The van der Waals surface area contributed by atoms with Gasteiger partial charge in [0, 0.05) is 27.1 Å². The van der Waals surface area contributed by atoms with Crippen molar-refractivity contribution in [3.8, 4) is 5.69 Å². The molecular weight excluding hydrogens is 398 g/mol. The van der Waals surface area contributed by atoms with Crippen LogP contribution in [0.4, 0.5) is 5.69 Å². The van der Waals surface area contributed by atoms with Crippen molar-refractivity contribution in [1.29, 1.82) is 0 Å². The van der Waals surface area contributed by atoms with Crippen LogP contribution in [0.3, 0.4) is 0 Å². The van der Waals surface area contributed by atoms with Gasteiger partial charge in [0.25, 0.3) is 5.56 Å². The number of rotatable bonds is 6. The lowest BCUT2D eigenvalue weighted by molar-refractivity contribution is -0.117. The SMILES string of the molecule is Cc1c(NC(=S)N(C)CCO)c(=O)n(-c2ccccc2)n1C.NC(=O)CCS. The number of aromatic nitrogens is 2. The number of nitrogens with zero attached hydrogens (tertiary/aromatic N) is 3. The summed E-state index contributed by atoms with van der Waals surface area (Å²) in [6, 6.07) is 9.43. The number of carbonyl (C=O) groups is 1. The van der Waals surface area contributed by atoms with Gasteiger partial charge in [0.1, 0.15) is 5.69 Å². The minimum absolute atomic E-state index is 0.000337. The second-order valence-corrected chi connectivity index (χ2v) is 6.79. The number of thiol groups is 1. The molecule has 0 spiro atoms. The molecular formula is C18H27N5O3S2. The monoisotopic (exact) mass is 425 g/mol. The van der Waals surface area contributed by atoms with E-state index >= 15 is 0 Å². The molecule has 0 fully saturated rings. The number of aliphatic hydroxyl groups excluding tert-OH is 1. The molecule has 0 aliphatic carbocycles. The van der Waals surface area contributed by atoms with Crippen molar-refractivity contribution >= 4 is 41.6 Å². The van der Waals surface area contributed by atoms with Gasteiger partial charge in [0.05, 0.1) is 18.0 Å². The highest BCUT2D eigenvalue weighted by molar-refractivity contribution is 7.80. The van der Waals surface area contributed by atoms with Gasteiger partial charge in [0.2, 0.25) is 5.91 Å². The van der Waals surface area contributed by atoms with Crippen molar-refractivity contribution in [1.82, 2.24) is 14.3 Å². The Morgan fingerprint density at radius 3 is 2.43 bits per heavy atom. The van der Waals surface area contributed by atoms with Crippen LogP contribution in [0, 0.1) is 6.92 Å². The Hall–Kier alpha value is -2.30. The Morgan fingerprint density at radius 1 is 1.36 bits per heavy atom. The lowest BCUT2D eigenvalue weighted by Crippen LogP contribution is -2.34. The highest BCUT2D eigenvalue weighted by Crippen LogP contribution is 2.14. The van der Waals surface area contributed by atoms with E-state index in [0.29, 0.717) is 29.5 Å². The van der Waals surface area contributed by atoms with Crippen LogP contribution in [0.25, 0.3) is 5.69 Å². The number of thiocarbonyl (C=S) groups is 1. The van der Waals surface area contributed by atoms with E-state index in [1.165, 1.54) is 0 Å². The zero-order valence-electron chi connectivity index (χ0n) is 16.3. The van der Waals surface area contributed by atoms with Gasteiger partial charge in [-0.1, -0.05) is 18.2 Å². The van der Waals surface area contributed by atoms with Gasteiger partial charge in [0.15, 0.2) is 5.11 Å². The lowest BCUT2D eigenvalue weighted by Gasteiger charge is -2.19. The predicted molar refractivity (Wildman–Crippen MR) is 119 cm³/mol. The fraction of sp³-hybridized carbons (Fsp3) is 0.389. The van der Waals surface area contributed by atoms with Crippen LogP contribution in [-0.4, -0.2) is 56.3 Å². The number of benzene rings is 1. The van der Waals surface area contributed by atoms with E-state index in [2.05, 4.69) is 17.9 Å². The maximum Gasteiger partial charge on any atom is 0.295 e. The molecule has 10 heteroatoms. The number of para-hydroxylation sites is 1. The number of likely N-dealkylation sites (N-methyl/N-ethyl adjacent to an activating group) is 1. The van der Waals surface area contributed by atoms with Crippen molar-refractivity contribution < 1.29 is 9.90 Å². The molecule has 1 heterocycles. The summed E-state index contributed by atoms with van der Waals surface area (Å²) in [5, 5.41) is 12.3. The topological polar surface area (TPSA) is 106 Å². The first kappa shape index (κ1) is 23.7. The first-order valence-electron chi connectivity index (χ1n) is 8.60. The summed E-state index contributed by atoms with van der Waals surface area (Å²) >= 11 is 9.02. The summed E-state index contributed by atoms with van der Waals surface area (Å²) in [5.41, 5.74) is 6.58. The van der Waals surface area contributed by atoms with Gasteiger partial charge >= 0.3 is 0 Å². The van der Waals surface area contributed by atoms with Crippen molar-refractivity contribution in [3.63, 3.8) is 0 Å². The number of nitrogens with two attached hydrogens (primary N) is 1. The summed E-state index contributed by atoms with van der Waals surface area (Å²) in [4.78, 5) is 24.1. The Balaban J connectivity index is 0.000000568. The minimum Gasteiger partial charge on any atom is -0.395 e. The maximum atomic E-state index is 12.7. The Kier molecular flexibility index (Phi) is 9.77. The van der Waals surface area contributed by atoms with Gasteiger partial charge in [-0.2, -0.15) is 12.6 Å². The molecule has 0 saturated carbocycles. The van der Waals surface area contributed by atoms with E-state index in [1.807, 2.05) is 44.3 Å². The van der Waals surface area contributed by atoms with Crippen LogP contribution in [0.2, 0.25) is 0 Å². The van der Waals surface area contributed by atoms with Crippen molar-refractivity contribution in [2.24, 2.45) is 12.8 Å². The highest BCUT2D eigenvalue weighted by atomic mass is 32.1. The molecule has 154 valence electrons. The first-order chi connectivity index (χ1) is 13.2. The Morgan fingerprint density at radius 2 is 1.96 bits per heavy atom. The number of hydrogen-bond donors (Lipinski definition) is 4. The van der Waals surface area contributed by atoms with E-state index in [4.69, 9.17) is 23.1 Å². The van der Waals surface area contributed by atoms with E-state index in [1.54, 1.807) is 21.3 Å². The molecule has 1 amide bonds. The van der Waals surface area contributed by atoms with Gasteiger partial charge in [-0.15, -0.1) is 0 Å². The summed E-state index contributed by atoms with van der Waals surface area (Å²) in [5.74, 6) is 0.264. The van der Waals surface area contributed by atoms with Crippen molar-refractivity contribution in [2.75, 3.05) is 31.3 Å². The zero-order valence-corrected chi connectivity index (χ0v) is 18.0. The number of hydrogen-bond acceptors (Lipinski definition) is 5. The van der Waals surface area contributed by atoms with E-state index in [-0.39, 0.29) is 18.1 Å². The molecule has 2 aromatic rings. The smallest absolute Gasteiger partial charge is 0.295 e. The molecule has 0 aliphatic heterocycles. The molecule has 0 aliphatic rings. The number of primary amides is 1. The summed E-state index contributed by atoms with van der Waals surface area (Å²) in [7, 11) is 3.59. The highest BCUT2D eigenvalue weighted by Gasteiger charge is 2.17. The summed E-state index contributed by atoms with van der Waals surface area (Å²) in [6.07, 6.45) is 0.378. The molecule has 1 aromatic carbocycles. The fourth-order valence-corrected chi connectivity index (χ4v) is 2.69. The molecule has 0 bridgehead atoms. The number of carbonyl (C=O) groups excluding carboxylic acids is 1. The van der Waals surface area contributed by atoms with Gasteiger partial charge < -0.3 is 21.1 Å². The van der Waals surface area contributed by atoms with E-state index in [9.17, 15) is 9.59 Å². The second-order valence-electron chi connectivity index (χ2n) is 5.95. The van der Waals surface area contributed by atoms with Crippen molar-refractivity contribution in [2.45, 2.75) is 13.3 Å². The largest absolute Gasteiger partial charge is 0.395 e. The van der Waals surface area contributed by atoms with Crippen LogP contribution in [0.15, 0.2) is 35.1 Å². The summed E-state index contributed by atoms with van der Waals surface area (Å²) in [6.45, 7) is 2.27. The molecule has 0 saturated heterocycles. The van der Waals surface area contributed by atoms with E-state index in [0.717, 1.165) is 11.4 Å². The van der Waals surface area contributed by atoms with Crippen LogP contribution >= 0.6 is 24.8 Å².